The summed E-state index contributed by atoms with van der Waals surface area (Å²) < 4.78 is 5.12. The number of aliphatic hydroxyl groups is 1. The third-order valence-corrected chi connectivity index (χ3v) is 4.79. The molecule has 2 rings (SSSR count). The molecule has 1 aliphatic carbocycles. The van der Waals surface area contributed by atoms with Gasteiger partial charge in [0.2, 0.25) is 5.91 Å². The van der Waals surface area contributed by atoms with E-state index in [0.717, 1.165) is 12.0 Å². The van der Waals surface area contributed by atoms with Crippen molar-refractivity contribution in [2.75, 3.05) is 13.7 Å². The summed E-state index contributed by atoms with van der Waals surface area (Å²) >= 11 is 12.0. The first-order valence-electron chi connectivity index (χ1n) is 7.43. The Labute approximate surface area is 140 Å². The molecule has 0 unspecified atom stereocenters. The molecule has 122 valence electrons. The summed E-state index contributed by atoms with van der Waals surface area (Å²) in [4.78, 5) is 12.4. The average Bonchev–Trinajstić information content (AvgIpc) is 2.93. The van der Waals surface area contributed by atoms with E-state index in [1.807, 2.05) is 6.07 Å². The molecule has 4 nitrogen and oxygen atoms in total. The summed E-state index contributed by atoms with van der Waals surface area (Å²) in [5, 5.41) is 13.6. The van der Waals surface area contributed by atoms with Gasteiger partial charge in [-0.15, -0.1) is 0 Å². The van der Waals surface area contributed by atoms with Gasteiger partial charge in [0.1, 0.15) is 0 Å². The minimum absolute atomic E-state index is 0.0243. The molecular formula is C16H21Cl2NO3. The number of halogens is 2. The Kier molecular flexibility index (Phi) is 6.50. The van der Waals surface area contributed by atoms with Crippen molar-refractivity contribution < 1.29 is 14.6 Å². The van der Waals surface area contributed by atoms with Crippen LogP contribution in [0.5, 0.6) is 0 Å². The predicted molar refractivity (Wildman–Crippen MR) is 87.2 cm³/mol. The lowest BCUT2D eigenvalue weighted by molar-refractivity contribution is -0.125. The van der Waals surface area contributed by atoms with Crippen molar-refractivity contribution in [1.29, 1.82) is 0 Å². The molecule has 0 aliphatic heterocycles. The van der Waals surface area contributed by atoms with Gasteiger partial charge in [0.25, 0.3) is 0 Å². The van der Waals surface area contributed by atoms with Gasteiger partial charge in [-0.1, -0.05) is 29.3 Å². The van der Waals surface area contributed by atoms with Crippen molar-refractivity contribution in [2.45, 2.75) is 37.8 Å². The molecule has 1 aromatic rings. The maximum atomic E-state index is 12.4. The maximum Gasteiger partial charge on any atom is 0.223 e. The Balaban J connectivity index is 2.08. The SMILES string of the molecule is COCC[C@H](NC(=O)[C@@H]1CC[C@@H](O)C1)c1ccc(Cl)c(Cl)c1. The van der Waals surface area contributed by atoms with Crippen LogP contribution in [0.3, 0.4) is 0 Å². The molecule has 2 N–H and O–H groups in total. The van der Waals surface area contributed by atoms with Crippen molar-refractivity contribution in [3.05, 3.63) is 33.8 Å². The molecule has 1 fully saturated rings. The standard InChI is InChI=1S/C16H21Cl2NO3/c1-22-7-6-15(10-3-5-13(17)14(18)9-10)19-16(21)11-2-4-12(20)8-11/h3,5,9,11-12,15,20H,2,4,6-8H2,1H3,(H,19,21)/t11-,12-,15+/m1/s1. The van der Waals surface area contributed by atoms with Crippen LogP contribution in [0.2, 0.25) is 10.0 Å². The second-order valence-electron chi connectivity index (χ2n) is 5.68. The summed E-state index contributed by atoms with van der Waals surface area (Å²) in [7, 11) is 1.63. The van der Waals surface area contributed by atoms with Gasteiger partial charge in [-0.25, -0.2) is 0 Å². The first-order valence-corrected chi connectivity index (χ1v) is 8.19. The topological polar surface area (TPSA) is 58.6 Å². The van der Waals surface area contributed by atoms with E-state index in [0.29, 0.717) is 35.9 Å². The molecule has 6 heteroatoms. The van der Waals surface area contributed by atoms with Gasteiger partial charge >= 0.3 is 0 Å². The lowest BCUT2D eigenvalue weighted by Crippen LogP contribution is -2.34. The Hall–Kier alpha value is -0.810. The van der Waals surface area contributed by atoms with E-state index >= 15 is 0 Å². The van der Waals surface area contributed by atoms with Crippen LogP contribution in [0.15, 0.2) is 18.2 Å². The summed E-state index contributed by atoms with van der Waals surface area (Å²) in [5.74, 6) is -0.147. The minimum Gasteiger partial charge on any atom is -0.393 e. The fourth-order valence-corrected chi connectivity index (χ4v) is 3.08. The Morgan fingerprint density at radius 2 is 2.18 bits per heavy atom. The predicted octanol–water partition coefficient (Wildman–Crippen LogP) is 3.35. The van der Waals surface area contributed by atoms with Crippen LogP contribution in [0.4, 0.5) is 0 Å². The number of nitrogens with one attached hydrogen (secondary N) is 1. The summed E-state index contributed by atoms with van der Waals surface area (Å²) in [5.41, 5.74) is 0.901. The van der Waals surface area contributed by atoms with E-state index in [1.54, 1.807) is 19.2 Å². The fourth-order valence-electron chi connectivity index (χ4n) is 2.77. The van der Waals surface area contributed by atoms with Crippen molar-refractivity contribution in [2.24, 2.45) is 5.92 Å². The number of aliphatic hydroxyl groups excluding tert-OH is 1. The smallest absolute Gasteiger partial charge is 0.223 e. The molecule has 0 bridgehead atoms. The first kappa shape index (κ1) is 17.5. The van der Waals surface area contributed by atoms with Crippen molar-refractivity contribution in [3.8, 4) is 0 Å². The maximum absolute atomic E-state index is 12.4. The van der Waals surface area contributed by atoms with Gasteiger partial charge in [-0.05, 0) is 43.4 Å². The van der Waals surface area contributed by atoms with Crippen LogP contribution in [0.25, 0.3) is 0 Å². The van der Waals surface area contributed by atoms with E-state index in [-0.39, 0.29) is 24.0 Å². The Bertz CT molecular complexity index is 524. The van der Waals surface area contributed by atoms with Gasteiger partial charge in [0.15, 0.2) is 0 Å². The van der Waals surface area contributed by atoms with E-state index in [4.69, 9.17) is 27.9 Å². The molecule has 22 heavy (non-hydrogen) atoms. The van der Waals surface area contributed by atoms with Crippen LogP contribution < -0.4 is 5.32 Å². The summed E-state index contributed by atoms with van der Waals surface area (Å²) in [6.07, 6.45) is 2.23. The van der Waals surface area contributed by atoms with Crippen molar-refractivity contribution in [1.82, 2.24) is 5.32 Å². The van der Waals surface area contributed by atoms with E-state index in [1.165, 1.54) is 0 Å². The van der Waals surface area contributed by atoms with E-state index in [2.05, 4.69) is 5.32 Å². The zero-order chi connectivity index (χ0) is 16.1. The monoisotopic (exact) mass is 345 g/mol. The number of benzene rings is 1. The zero-order valence-corrected chi connectivity index (χ0v) is 14.0. The van der Waals surface area contributed by atoms with Crippen molar-refractivity contribution in [3.63, 3.8) is 0 Å². The number of rotatable bonds is 6. The van der Waals surface area contributed by atoms with Gasteiger partial charge < -0.3 is 15.2 Å². The highest BCUT2D eigenvalue weighted by Crippen LogP contribution is 2.29. The molecule has 1 amide bonds. The normalized spacial score (nSPS) is 22.5. The Morgan fingerprint density at radius 1 is 1.41 bits per heavy atom. The molecule has 1 aliphatic rings. The minimum atomic E-state index is -0.363. The van der Waals surface area contributed by atoms with E-state index in [9.17, 15) is 9.90 Å². The third kappa shape index (κ3) is 4.59. The molecule has 1 saturated carbocycles. The number of hydrogen-bond acceptors (Lipinski definition) is 3. The summed E-state index contributed by atoms with van der Waals surface area (Å²) in [6, 6.07) is 5.18. The fraction of sp³-hybridized carbons (Fsp3) is 0.562. The molecule has 0 aromatic heterocycles. The third-order valence-electron chi connectivity index (χ3n) is 4.05. The van der Waals surface area contributed by atoms with E-state index < -0.39 is 0 Å². The Morgan fingerprint density at radius 3 is 2.77 bits per heavy atom. The zero-order valence-electron chi connectivity index (χ0n) is 12.5. The lowest BCUT2D eigenvalue weighted by atomic mass is 10.0. The second kappa shape index (κ2) is 8.16. The van der Waals surface area contributed by atoms with Gasteiger partial charge in [0, 0.05) is 19.6 Å². The molecule has 0 heterocycles. The van der Waals surface area contributed by atoms with Crippen molar-refractivity contribution >= 4 is 29.1 Å². The second-order valence-corrected chi connectivity index (χ2v) is 6.49. The van der Waals surface area contributed by atoms with Gasteiger partial charge in [-0.2, -0.15) is 0 Å². The summed E-state index contributed by atoms with van der Waals surface area (Å²) in [6.45, 7) is 0.526. The number of hydrogen-bond donors (Lipinski definition) is 2. The molecule has 0 spiro atoms. The number of amides is 1. The van der Waals surface area contributed by atoms with Crippen LogP contribution in [0.1, 0.15) is 37.3 Å². The highest BCUT2D eigenvalue weighted by Gasteiger charge is 2.30. The van der Waals surface area contributed by atoms with Crippen LogP contribution in [-0.4, -0.2) is 30.8 Å². The first-order chi connectivity index (χ1) is 10.5. The molecular weight excluding hydrogens is 325 g/mol. The number of carbonyl (C=O) groups excluding carboxylic acids is 1. The average molecular weight is 346 g/mol. The van der Waals surface area contributed by atoms with Crippen LogP contribution >= 0.6 is 23.2 Å². The molecule has 0 saturated heterocycles. The quantitative estimate of drug-likeness (QED) is 0.831. The number of carbonyl (C=O) groups is 1. The molecule has 0 radical (unpaired) electrons. The van der Waals surface area contributed by atoms with Gasteiger partial charge in [0.05, 0.1) is 22.2 Å². The number of methoxy groups -OCH3 is 1. The van der Waals surface area contributed by atoms with Gasteiger partial charge in [-0.3, -0.25) is 4.79 Å². The largest absolute Gasteiger partial charge is 0.393 e. The lowest BCUT2D eigenvalue weighted by Gasteiger charge is -2.21. The van der Waals surface area contributed by atoms with Crippen LogP contribution in [0, 0.1) is 5.92 Å². The number of ether oxygens (including phenoxy) is 1. The highest BCUT2D eigenvalue weighted by molar-refractivity contribution is 6.42. The van der Waals surface area contributed by atoms with Crippen LogP contribution in [-0.2, 0) is 9.53 Å². The molecule has 3 atom stereocenters. The highest BCUT2D eigenvalue weighted by atomic mass is 35.5. The molecule has 1 aromatic carbocycles.